The number of aliphatic carboxylic acids is 1. The molecular formula is C15H19NO5. The van der Waals surface area contributed by atoms with Gasteiger partial charge in [-0.2, -0.15) is 0 Å². The Morgan fingerprint density at radius 2 is 1.76 bits per heavy atom. The molecule has 0 radical (unpaired) electrons. The molecule has 2 N–H and O–H groups in total. The normalized spacial score (nSPS) is 20.2. The minimum absolute atomic E-state index is 0.0532. The summed E-state index contributed by atoms with van der Waals surface area (Å²) >= 11 is 0. The van der Waals surface area contributed by atoms with Gasteiger partial charge in [-0.1, -0.05) is 0 Å². The van der Waals surface area contributed by atoms with Crippen molar-refractivity contribution in [3.05, 3.63) is 24.3 Å². The predicted molar refractivity (Wildman–Crippen MR) is 75.4 cm³/mol. The van der Waals surface area contributed by atoms with Crippen molar-refractivity contribution in [1.82, 2.24) is 5.32 Å². The Morgan fingerprint density at radius 1 is 1.19 bits per heavy atom. The molecule has 1 fully saturated rings. The van der Waals surface area contributed by atoms with E-state index in [1.165, 1.54) is 0 Å². The van der Waals surface area contributed by atoms with Crippen LogP contribution in [0.4, 0.5) is 0 Å². The molecule has 1 aliphatic rings. The fourth-order valence-electron chi connectivity index (χ4n) is 2.15. The Labute approximate surface area is 123 Å². The summed E-state index contributed by atoms with van der Waals surface area (Å²) < 4.78 is 10.7. The molecule has 0 aromatic heterocycles. The fourth-order valence-corrected chi connectivity index (χ4v) is 2.15. The average molecular weight is 293 g/mol. The summed E-state index contributed by atoms with van der Waals surface area (Å²) in [6.45, 7) is 2.42. The number of carboxylic acid groups (broad SMARTS) is 1. The van der Waals surface area contributed by atoms with Crippen molar-refractivity contribution in [1.29, 1.82) is 0 Å². The summed E-state index contributed by atoms with van der Waals surface area (Å²) in [7, 11) is 0. The van der Waals surface area contributed by atoms with Crippen molar-refractivity contribution >= 4 is 11.9 Å². The van der Waals surface area contributed by atoms with Crippen LogP contribution in [0.2, 0.25) is 0 Å². The van der Waals surface area contributed by atoms with Gasteiger partial charge in [-0.3, -0.25) is 9.59 Å². The second-order valence-electron chi connectivity index (χ2n) is 4.96. The van der Waals surface area contributed by atoms with Gasteiger partial charge in [0.25, 0.3) is 5.91 Å². The third kappa shape index (κ3) is 4.37. The molecular weight excluding hydrogens is 274 g/mol. The van der Waals surface area contributed by atoms with E-state index in [2.05, 4.69) is 5.32 Å². The van der Waals surface area contributed by atoms with E-state index in [0.29, 0.717) is 25.2 Å². The van der Waals surface area contributed by atoms with Crippen molar-refractivity contribution in [2.24, 2.45) is 5.92 Å². The number of nitrogens with one attached hydrogen (secondary N) is 1. The molecule has 1 amide bonds. The first-order valence-corrected chi connectivity index (χ1v) is 6.96. The van der Waals surface area contributed by atoms with E-state index in [1.807, 2.05) is 6.92 Å². The van der Waals surface area contributed by atoms with Gasteiger partial charge in [-0.15, -0.1) is 0 Å². The molecule has 0 saturated heterocycles. The van der Waals surface area contributed by atoms with Crippen LogP contribution in [0.3, 0.4) is 0 Å². The largest absolute Gasteiger partial charge is 0.494 e. The predicted octanol–water partition coefficient (Wildman–Crippen LogP) is 1.44. The Morgan fingerprint density at radius 3 is 2.29 bits per heavy atom. The molecule has 0 aliphatic heterocycles. The van der Waals surface area contributed by atoms with Gasteiger partial charge in [-0.25, -0.2) is 0 Å². The molecule has 114 valence electrons. The topological polar surface area (TPSA) is 84.9 Å². The van der Waals surface area contributed by atoms with Crippen LogP contribution in [0.15, 0.2) is 24.3 Å². The van der Waals surface area contributed by atoms with Gasteiger partial charge >= 0.3 is 5.97 Å². The number of hydrogen-bond acceptors (Lipinski definition) is 4. The zero-order chi connectivity index (χ0) is 15.2. The second kappa shape index (κ2) is 6.97. The van der Waals surface area contributed by atoms with Crippen LogP contribution in [0.5, 0.6) is 11.5 Å². The molecule has 6 heteroatoms. The van der Waals surface area contributed by atoms with Crippen LogP contribution in [-0.4, -0.2) is 36.2 Å². The zero-order valence-electron chi connectivity index (χ0n) is 11.9. The third-order valence-corrected chi connectivity index (χ3v) is 3.36. The Bertz CT molecular complexity index is 493. The van der Waals surface area contributed by atoms with Crippen LogP contribution in [-0.2, 0) is 9.59 Å². The second-order valence-corrected chi connectivity index (χ2v) is 4.96. The number of rotatable bonds is 7. The van der Waals surface area contributed by atoms with Gasteiger partial charge in [0.15, 0.2) is 6.61 Å². The number of carbonyl (C=O) groups excluding carboxylic acids is 1. The molecule has 0 spiro atoms. The van der Waals surface area contributed by atoms with Gasteiger partial charge in [0.1, 0.15) is 11.5 Å². The summed E-state index contributed by atoms with van der Waals surface area (Å²) in [5, 5.41) is 11.5. The highest BCUT2D eigenvalue weighted by Crippen LogP contribution is 2.27. The zero-order valence-corrected chi connectivity index (χ0v) is 11.9. The highest BCUT2D eigenvalue weighted by molar-refractivity contribution is 5.78. The lowest BCUT2D eigenvalue weighted by atomic mass is 9.80. The third-order valence-electron chi connectivity index (χ3n) is 3.36. The van der Waals surface area contributed by atoms with Gasteiger partial charge in [0, 0.05) is 6.04 Å². The standard InChI is InChI=1S/C15H19NO5/c1-2-20-12-3-5-13(6-4-12)21-9-14(17)16-11-7-10(8-11)15(18)19/h3-6,10-11H,2,7-9H2,1H3,(H,16,17)(H,18,19). The molecule has 0 atom stereocenters. The van der Waals surface area contributed by atoms with Crippen LogP contribution in [0.1, 0.15) is 19.8 Å². The number of hydrogen-bond donors (Lipinski definition) is 2. The Hall–Kier alpha value is -2.24. The van der Waals surface area contributed by atoms with Gasteiger partial charge in [0.2, 0.25) is 0 Å². The van der Waals surface area contributed by atoms with E-state index in [-0.39, 0.29) is 24.5 Å². The maximum atomic E-state index is 11.7. The summed E-state index contributed by atoms with van der Waals surface area (Å²) in [5.41, 5.74) is 0. The SMILES string of the molecule is CCOc1ccc(OCC(=O)NC2CC(C(=O)O)C2)cc1. The molecule has 1 aliphatic carbocycles. The first-order valence-electron chi connectivity index (χ1n) is 6.96. The Kier molecular flexibility index (Phi) is 5.03. The van der Waals surface area contributed by atoms with Gasteiger partial charge in [-0.05, 0) is 44.0 Å². The maximum Gasteiger partial charge on any atom is 0.306 e. The lowest BCUT2D eigenvalue weighted by Gasteiger charge is -2.32. The van der Waals surface area contributed by atoms with E-state index in [4.69, 9.17) is 14.6 Å². The number of amides is 1. The fraction of sp³-hybridized carbons (Fsp3) is 0.467. The van der Waals surface area contributed by atoms with Crippen LogP contribution in [0.25, 0.3) is 0 Å². The number of carbonyl (C=O) groups is 2. The lowest BCUT2D eigenvalue weighted by Crippen LogP contribution is -2.48. The first-order chi connectivity index (χ1) is 10.1. The van der Waals surface area contributed by atoms with Crippen LogP contribution < -0.4 is 14.8 Å². The minimum atomic E-state index is -0.800. The molecule has 1 saturated carbocycles. The molecule has 0 bridgehead atoms. The van der Waals surface area contributed by atoms with Crippen LogP contribution >= 0.6 is 0 Å². The maximum absolute atomic E-state index is 11.7. The van der Waals surface area contributed by atoms with Crippen molar-refractivity contribution in [3.8, 4) is 11.5 Å². The van der Waals surface area contributed by atoms with E-state index in [1.54, 1.807) is 24.3 Å². The van der Waals surface area contributed by atoms with Gasteiger partial charge < -0.3 is 19.9 Å². The van der Waals surface area contributed by atoms with E-state index in [9.17, 15) is 9.59 Å². The van der Waals surface area contributed by atoms with E-state index >= 15 is 0 Å². The van der Waals surface area contributed by atoms with E-state index < -0.39 is 5.97 Å². The molecule has 1 aromatic rings. The first kappa shape index (κ1) is 15.2. The van der Waals surface area contributed by atoms with Crippen molar-refractivity contribution in [2.75, 3.05) is 13.2 Å². The summed E-state index contributed by atoms with van der Waals surface area (Å²) in [6, 6.07) is 6.98. The molecule has 6 nitrogen and oxygen atoms in total. The quantitative estimate of drug-likeness (QED) is 0.794. The molecule has 0 heterocycles. The summed E-state index contributed by atoms with van der Waals surface area (Å²) in [4.78, 5) is 22.3. The minimum Gasteiger partial charge on any atom is -0.494 e. The lowest BCUT2D eigenvalue weighted by molar-refractivity contribution is -0.146. The van der Waals surface area contributed by atoms with Gasteiger partial charge in [0.05, 0.1) is 12.5 Å². The highest BCUT2D eigenvalue weighted by atomic mass is 16.5. The number of benzene rings is 1. The van der Waals surface area contributed by atoms with Crippen LogP contribution in [0, 0.1) is 5.92 Å². The smallest absolute Gasteiger partial charge is 0.306 e. The number of ether oxygens (including phenoxy) is 2. The molecule has 0 unspecified atom stereocenters. The van der Waals surface area contributed by atoms with Crippen molar-refractivity contribution in [2.45, 2.75) is 25.8 Å². The summed E-state index contributed by atoms with van der Waals surface area (Å²) in [6.07, 6.45) is 0.980. The highest BCUT2D eigenvalue weighted by Gasteiger charge is 2.35. The van der Waals surface area contributed by atoms with E-state index in [0.717, 1.165) is 5.75 Å². The van der Waals surface area contributed by atoms with Crippen molar-refractivity contribution in [3.63, 3.8) is 0 Å². The van der Waals surface area contributed by atoms with Crippen molar-refractivity contribution < 1.29 is 24.2 Å². The molecule has 1 aromatic carbocycles. The number of carboxylic acids is 1. The molecule has 21 heavy (non-hydrogen) atoms. The summed E-state index contributed by atoms with van der Waals surface area (Å²) in [5.74, 6) is -0.0275. The average Bonchev–Trinajstić information content (AvgIpc) is 2.41. The molecule has 2 rings (SSSR count). The monoisotopic (exact) mass is 293 g/mol. The Balaban J connectivity index is 1.68.